The number of ketones is 2. The SMILES string of the molecule is COC(=O)c1ccc(C(=O)C2=CCCC2(C#N)C(=O)C2CCCCC2)cc1. The lowest BCUT2D eigenvalue weighted by Crippen LogP contribution is -2.38. The van der Waals surface area contributed by atoms with Crippen LogP contribution in [0.25, 0.3) is 0 Å². The predicted octanol–water partition coefficient (Wildman–Crippen LogP) is 4.04. The van der Waals surface area contributed by atoms with Crippen LogP contribution in [0.2, 0.25) is 0 Å². The van der Waals surface area contributed by atoms with E-state index in [-0.39, 0.29) is 17.5 Å². The van der Waals surface area contributed by atoms with Crippen molar-refractivity contribution in [1.82, 2.24) is 0 Å². The fraction of sp³-hybridized carbons (Fsp3) is 0.455. The topological polar surface area (TPSA) is 84.2 Å². The quantitative estimate of drug-likeness (QED) is 0.581. The van der Waals surface area contributed by atoms with Crippen molar-refractivity contribution >= 4 is 17.5 Å². The molecule has 0 heterocycles. The maximum absolute atomic E-state index is 13.2. The molecule has 5 heteroatoms. The average Bonchev–Trinajstić information content (AvgIpc) is 3.18. The zero-order chi connectivity index (χ0) is 19.4. The number of benzene rings is 1. The molecule has 1 aromatic rings. The van der Waals surface area contributed by atoms with E-state index in [1.165, 1.54) is 19.2 Å². The Balaban J connectivity index is 1.87. The monoisotopic (exact) mass is 365 g/mol. The van der Waals surface area contributed by atoms with Crippen LogP contribution in [0.4, 0.5) is 0 Å². The number of allylic oxidation sites excluding steroid dienone is 2. The molecule has 0 radical (unpaired) electrons. The number of methoxy groups -OCH3 is 1. The number of ether oxygens (including phenoxy) is 1. The van der Waals surface area contributed by atoms with Crippen molar-refractivity contribution in [2.45, 2.75) is 44.9 Å². The molecule has 3 rings (SSSR count). The normalized spacial score (nSPS) is 22.6. The van der Waals surface area contributed by atoms with Gasteiger partial charge in [-0.05, 0) is 37.8 Å². The van der Waals surface area contributed by atoms with Crippen LogP contribution in [0.3, 0.4) is 0 Å². The van der Waals surface area contributed by atoms with Crippen molar-refractivity contribution in [2.24, 2.45) is 11.3 Å². The van der Waals surface area contributed by atoms with Crippen molar-refractivity contribution in [3.63, 3.8) is 0 Å². The highest BCUT2D eigenvalue weighted by molar-refractivity contribution is 6.15. The van der Waals surface area contributed by atoms with Gasteiger partial charge in [-0.3, -0.25) is 9.59 Å². The highest BCUT2D eigenvalue weighted by Gasteiger charge is 2.49. The Morgan fingerprint density at radius 3 is 2.30 bits per heavy atom. The molecule has 2 aliphatic rings. The minimum atomic E-state index is -1.33. The Hall–Kier alpha value is -2.74. The fourth-order valence-electron chi connectivity index (χ4n) is 4.20. The molecular weight excluding hydrogens is 342 g/mol. The first-order chi connectivity index (χ1) is 13.0. The summed E-state index contributed by atoms with van der Waals surface area (Å²) < 4.78 is 4.66. The van der Waals surface area contributed by atoms with Crippen LogP contribution in [-0.4, -0.2) is 24.6 Å². The van der Waals surface area contributed by atoms with Gasteiger partial charge in [0.15, 0.2) is 11.6 Å². The van der Waals surface area contributed by atoms with E-state index in [1.807, 2.05) is 0 Å². The number of hydrogen-bond donors (Lipinski definition) is 0. The van der Waals surface area contributed by atoms with Crippen molar-refractivity contribution in [3.8, 4) is 6.07 Å². The number of esters is 1. The molecule has 1 saturated carbocycles. The minimum absolute atomic E-state index is 0.0898. The first-order valence-corrected chi connectivity index (χ1v) is 9.43. The van der Waals surface area contributed by atoms with E-state index < -0.39 is 11.4 Å². The highest BCUT2D eigenvalue weighted by Crippen LogP contribution is 2.45. The Morgan fingerprint density at radius 1 is 1.07 bits per heavy atom. The van der Waals surface area contributed by atoms with Crippen LogP contribution in [-0.2, 0) is 9.53 Å². The fourth-order valence-corrected chi connectivity index (χ4v) is 4.20. The van der Waals surface area contributed by atoms with Crippen LogP contribution >= 0.6 is 0 Å². The third-order valence-electron chi connectivity index (χ3n) is 5.73. The number of nitrogens with zero attached hydrogens (tertiary/aromatic N) is 1. The molecule has 0 spiro atoms. The van der Waals surface area contributed by atoms with Crippen LogP contribution in [0.15, 0.2) is 35.9 Å². The van der Waals surface area contributed by atoms with Gasteiger partial charge in [-0.1, -0.05) is 37.5 Å². The summed E-state index contributed by atoms with van der Waals surface area (Å²) in [7, 11) is 1.29. The molecule has 27 heavy (non-hydrogen) atoms. The molecule has 5 nitrogen and oxygen atoms in total. The minimum Gasteiger partial charge on any atom is -0.465 e. The second kappa shape index (κ2) is 7.87. The Bertz CT molecular complexity index is 825. The number of hydrogen-bond acceptors (Lipinski definition) is 5. The number of carbonyl (C=O) groups excluding carboxylic acids is 3. The summed E-state index contributed by atoms with van der Waals surface area (Å²) in [5.74, 6) is -1.01. The van der Waals surface area contributed by atoms with Gasteiger partial charge in [-0.15, -0.1) is 0 Å². The number of nitriles is 1. The Morgan fingerprint density at radius 2 is 1.70 bits per heavy atom. The summed E-state index contributed by atoms with van der Waals surface area (Å²) in [6.45, 7) is 0. The summed E-state index contributed by atoms with van der Waals surface area (Å²) in [5.41, 5.74) is -0.322. The number of rotatable bonds is 5. The van der Waals surface area contributed by atoms with E-state index in [4.69, 9.17) is 0 Å². The summed E-state index contributed by atoms with van der Waals surface area (Å²) in [4.78, 5) is 37.8. The lowest BCUT2D eigenvalue weighted by atomic mass is 9.69. The standard InChI is InChI=1S/C22H23NO4/c1-27-21(26)17-11-9-15(10-12-17)19(24)18-8-5-13-22(18,14-23)20(25)16-6-3-2-4-7-16/h8-12,16H,2-7,13H2,1H3. The second-order valence-corrected chi connectivity index (χ2v) is 7.27. The maximum Gasteiger partial charge on any atom is 0.337 e. The largest absolute Gasteiger partial charge is 0.465 e. The van der Waals surface area contributed by atoms with Crippen LogP contribution < -0.4 is 0 Å². The van der Waals surface area contributed by atoms with E-state index in [9.17, 15) is 19.6 Å². The molecule has 140 valence electrons. The third kappa shape index (κ3) is 3.44. The molecule has 0 bridgehead atoms. The molecule has 0 saturated heterocycles. The van der Waals surface area contributed by atoms with Crippen molar-refractivity contribution in [2.75, 3.05) is 7.11 Å². The molecule has 1 unspecified atom stereocenters. The molecule has 1 fully saturated rings. The second-order valence-electron chi connectivity index (χ2n) is 7.27. The molecule has 0 aromatic heterocycles. The number of carbonyl (C=O) groups is 3. The first kappa shape index (κ1) is 19.0. The van der Waals surface area contributed by atoms with Crippen molar-refractivity contribution in [3.05, 3.63) is 47.0 Å². The predicted molar refractivity (Wildman–Crippen MR) is 99.1 cm³/mol. The van der Waals surface area contributed by atoms with Crippen molar-refractivity contribution in [1.29, 1.82) is 5.26 Å². The average molecular weight is 365 g/mol. The first-order valence-electron chi connectivity index (χ1n) is 9.43. The van der Waals surface area contributed by atoms with Gasteiger partial charge in [0.25, 0.3) is 0 Å². The van der Waals surface area contributed by atoms with Gasteiger partial charge in [-0.2, -0.15) is 5.26 Å². The zero-order valence-corrected chi connectivity index (χ0v) is 15.5. The lowest BCUT2D eigenvalue weighted by Gasteiger charge is -2.29. The highest BCUT2D eigenvalue weighted by atomic mass is 16.5. The van der Waals surface area contributed by atoms with Gasteiger partial charge in [0.2, 0.25) is 0 Å². The van der Waals surface area contributed by atoms with Crippen LogP contribution in [0.5, 0.6) is 0 Å². The molecule has 0 aliphatic heterocycles. The van der Waals surface area contributed by atoms with E-state index in [0.717, 1.165) is 32.1 Å². The van der Waals surface area contributed by atoms with E-state index in [1.54, 1.807) is 18.2 Å². The maximum atomic E-state index is 13.2. The van der Waals surface area contributed by atoms with Gasteiger partial charge in [0, 0.05) is 17.1 Å². The van der Waals surface area contributed by atoms with Gasteiger partial charge >= 0.3 is 5.97 Å². The molecular formula is C22H23NO4. The summed E-state index contributed by atoms with van der Waals surface area (Å²) in [6.07, 6.45) is 7.39. The van der Waals surface area contributed by atoms with E-state index in [0.29, 0.717) is 29.5 Å². The number of Topliss-reactive ketones (excluding diaryl/α,β-unsaturated/α-hetero) is 2. The smallest absolute Gasteiger partial charge is 0.337 e. The van der Waals surface area contributed by atoms with Gasteiger partial charge < -0.3 is 4.74 Å². The summed E-state index contributed by atoms with van der Waals surface area (Å²) in [6, 6.07) is 8.33. The van der Waals surface area contributed by atoms with E-state index in [2.05, 4.69) is 10.8 Å². The molecule has 0 N–H and O–H groups in total. The Labute approximate surface area is 159 Å². The lowest BCUT2D eigenvalue weighted by molar-refractivity contribution is -0.129. The molecule has 2 aliphatic carbocycles. The molecule has 1 atom stereocenters. The van der Waals surface area contributed by atoms with Gasteiger partial charge in [-0.25, -0.2) is 4.79 Å². The summed E-state index contributed by atoms with van der Waals surface area (Å²) >= 11 is 0. The summed E-state index contributed by atoms with van der Waals surface area (Å²) in [5, 5.41) is 9.91. The van der Waals surface area contributed by atoms with Crippen LogP contribution in [0, 0.1) is 22.7 Å². The van der Waals surface area contributed by atoms with Gasteiger partial charge in [0.05, 0.1) is 18.7 Å². The molecule has 0 amide bonds. The van der Waals surface area contributed by atoms with E-state index >= 15 is 0 Å². The van der Waals surface area contributed by atoms with Crippen LogP contribution in [0.1, 0.15) is 65.7 Å². The third-order valence-corrected chi connectivity index (χ3v) is 5.73. The zero-order valence-electron chi connectivity index (χ0n) is 15.5. The Kier molecular flexibility index (Phi) is 5.55. The molecule has 1 aromatic carbocycles. The van der Waals surface area contributed by atoms with Crippen molar-refractivity contribution < 1.29 is 19.1 Å². The van der Waals surface area contributed by atoms with Gasteiger partial charge in [0.1, 0.15) is 5.41 Å².